The number of amides is 1. The van der Waals surface area contributed by atoms with Crippen molar-refractivity contribution in [3.05, 3.63) is 63.5 Å². The summed E-state index contributed by atoms with van der Waals surface area (Å²) in [4.78, 5) is 28.9. The van der Waals surface area contributed by atoms with Crippen molar-refractivity contribution in [1.82, 2.24) is 9.80 Å². The Morgan fingerprint density at radius 1 is 1.29 bits per heavy atom. The lowest BCUT2D eigenvalue weighted by Crippen LogP contribution is -2.59. The number of nitriles is 1. The molecule has 5 rings (SSSR count). The average molecular weight is 480 g/mol. The molecule has 0 saturated carbocycles. The lowest BCUT2D eigenvalue weighted by Gasteiger charge is -2.46. The summed E-state index contributed by atoms with van der Waals surface area (Å²) in [5.41, 5.74) is 3.96. The number of carbonyl (C=O) groups excluding carboxylic acids is 2. The molecule has 2 aromatic rings. The molecule has 0 radical (unpaired) electrons. The first-order valence-electron chi connectivity index (χ1n) is 11.6. The summed E-state index contributed by atoms with van der Waals surface area (Å²) in [6.45, 7) is 5.22. The molecule has 0 N–H and O–H groups in total. The first kappa shape index (κ1) is 23.3. The molecule has 182 valence electrons. The van der Waals surface area contributed by atoms with Crippen LogP contribution in [0.5, 0.6) is 5.75 Å². The van der Waals surface area contributed by atoms with E-state index in [1.54, 1.807) is 4.90 Å². The predicted octanol–water partition coefficient (Wildman–Crippen LogP) is 2.51. The summed E-state index contributed by atoms with van der Waals surface area (Å²) in [6.07, 6.45) is -0.214. The molecule has 3 heterocycles. The number of rotatable bonds is 4. The zero-order chi connectivity index (χ0) is 24.7. The Kier molecular flexibility index (Phi) is 6.17. The predicted molar refractivity (Wildman–Crippen MR) is 122 cm³/mol. The van der Waals surface area contributed by atoms with Gasteiger partial charge in [-0.1, -0.05) is 6.07 Å². The normalized spacial score (nSPS) is 21.7. The maximum atomic E-state index is 14.5. The van der Waals surface area contributed by atoms with Crippen LogP contribution in [0.15, 0.2) is 24.3 Å². The Hall–Kier alpha value is -3.48. The van der Waals surface area contributed by atoms with Gasteiger partial charge >= 0.3 is 5.97 Å². The van der Waals surface area contributed by atoms with Gasteiger partial charge in [-0.15, -0.1) is 0 Å². The van der Waals surface area contributed by atoms with E-state index in [1.165, 1.54) is 13.2 Å². The standard InChI is InChI=1S/C26H26FN3O5/c1-15-19(3-4-20-21(15)14-35-26(20)32)24-12-29-5-6-30(11-18(29)13-34-24)25(31)9-16-8-23(33-2)17(10-28)7-22(16)27/h3-4,7-8,18,24H,5-6,9,11-14H2,1-2H3/t18-,24+/m0/s1. The first-order valence-corrected chi connectivity index (χ1v) is 11.6. The third-order valence-electron chi connectivity index (χ3n) is 7.23. The van der Waals surface area contributed by atoms with Gasteiger partial charge in [-0.05, 0) is 36.2 Å². The second-order valence-electron chi connectivity index (χ2n) is 9.13. The highest BCUT2D eigenvalue weighted by Gasteiger charge is 2.37. The Morgan fingerprint density at radius 3 is 2.89 bits per heavy atom. The van der Waals surface area contributed by atoms with Gasteiger partial charge in [0.05, 0.1) is 43.4 Å². The van der Waals surface area contributed by atoms with Gasteiger partial charge in [-0.25, -0.2) is 9.18 Å². The van der Waals surface area contributed by atoms with E-state index < -0.39 is 5.82 Å². The molecule has 2 aromatic carbocycles. The summed E-state index contributed by atoms with van der Waals surface area (Å²) in [5.74, 6) is -0.781. The fourth-order valence-electron chi connectivity index (χ4n) is 5.18. The van der Waals surface area contributed by atoms with E-state index >= 15 is 0 Å². The van der Waals surface area contributed by atoms with Crippen molar-refractivity contribution in [1.29, 1.82) is 5.26 Å². The Morgan fingerprint density at radius 2 is 2.11 bits per heavy atom. The molecule has 1 amide bonds. The van der Waals surface area contributed by atoms with E-state index in [0.29, 0.717) is 45.0 Å². The van der Waals surface area contributed by atoms with Crippen molar-refractivity contribution in [3.63, 3.8) is 0 Å². The maximum Gasteiger partial charge on any atom is 0.338 e. The SMILES string of the molecule is COc1cc(CC(=O)N2CCN3C[C@H](c4ccc5c(c4C)COC5=O)OC[C@@H]3C2)c(F)cc1C#N. The molecule has 8 nitrogen and oxygen atoms in total. The summed E-state index contributed by atoms with van der Waals surface area (Å²) >= 11 is 0. The van der Waals surface area contributed by atoms with Gasteiger partial charge in [-0.2, -0.15) is 5.26 Å². The number of benzene rings is 2. The second kappa shape index (κ2) is 9.29. The molecule has 0 aromatic heterocycles. The fourth-order valence-corrected chi connectivity index (χ4v) is 5.18. The minimum atomic E-state index is -0.588. The largest absolute Gasteiger partial charge is 0.495 e. The van der Waals surface area contributed by atoms with Crippen LogP contribution in [0.2, 0.25) is 0 Å². The summed E-state index contributed by atoms with van der Waals surface area (Å²) in [5, 5.41) is 9.11. The smallest absolute Gasteiger partial charge is 0.338 e. The average Bonchev–Trinajstić information content (AvgIpc) is 3.26. The molecule has 0 spiro atoms. The summed E-state index contributed by atoms with van der Waals surface area (Å²) in [7, 11) is 1.41. The van der Waals surface area contributed by atoms with Crippen molar-refractivity contribution >= 4 is 11.9 Å². The van der Waals surface area contributed by atoms with Crippen molar-refractivity contribution in [2.24, 2.45) is 0 Å². The second-order valence-corrected chi connectivity index (χ2v) is 9.13. The zero-order valence-corrected chi connectivity index (χ0v) is 19.7. The van der Waals surface area contributed by atoms with Crippen LogP contribution < -0.4 is 4.74 Å². The van der Waals surface area contributed by atoms with Crippen molar-refractivity contribution in [3.8, 4) is 11.8 Å². The Balaban J connectivity index is 1.23. The van der Waals surface area contributed by atoms with E-state index in [0.717, 1.165) is 22.8 Å². The molecule has 35 heavy (non-hydrogen) atoms. The highest BCUT2D eigenvalue weighted by Crippen LogP contribution is 2.34. The number of piperazine rings is 1. The van der Waals surface area contributed by atoms with E-state index in [4.69, 9.17) is 19.5 Å². The van der Waals surface area contributed by atoms with Gasteiger partial charge in [0.25, 0.3) is 0 Å². The minimum absolute atomic E-state index is 0.0592. The molecule has 3 aliphatic rings. The molecular formula is C26H26FN3O5. The maximum absolute atomic E-state index is 14.5. The van der Waals surface area contributed by atoms with Crippen LogP contribution >= 0.6 is 0 Å². The molecule has 2 atom stereocenters. The number of hydrogen-bond donors (Lipinski definition) is 0. The fraction of sp³-hybridized carbons (Fsp3) is 0.423. The number of esters is 1. The lowest BCUT2D eigenvalue weighted by atomic mass is 9.94. The van der Waals surface area contributed by atoms with Gasteiger partial charge in [0, 0.05) is 37.3 Å². The van der Waals surface area contributed by atoms with E-state index in [9.17, 15) is 14.0 Å². The van der Waals surface area contributed by atoms with Crippen molar-refractivity contribution in [2.45, 2.75) is 32.1 Å². The molecule has 2 fully saturated rings. The third-order valence-corrected chi connectivity index (χ3v) is 7.23. The Labute approximate surface area is 202 Å². The number of methoxy groups -OCH3 is 1. The van der Waals surface area contributed by atoms with Gasteiger partial charge in [-0.3, -0.25) is 9.69 Å². The summed E-state index contributed by atoms with van der Waals surface area (Å²) < 4.78 is 31.0. The number of hydrogen-bond acceptors (Lipinski definition) is 7. The molecule has 0 aliphatic carbocycles. The number of nitrogens with zero attached hydrogens (tertiary/aromatic N) is 3. The molecule has 9 heteroatoms. The molecule has 0 unspecified atom stereocenters. The number of morpholine rings is 1. The number of cyclic esters (lactones) is 1. The number of ether oxygens (including phenoxy) is 3. The van der Waals surface area contributed by atoms with Crippen LogP contribution in [-0.2, 0) is 27.3 Å². The number of carbonyl (C=O) groups is 2. The van der Waals surface area contributed by atoms with E-state index in [2.05, 4.69) is 4.90 Å². The number of fused-ring (bicyclic) bond motifs is 2. The van der Waals surface area contributed by atoms with E-state index in [1.807, 2.05) is 25.1 Å². The minimum Gasteiger partial charge on any atom is -0.495 e. The zero-order valence-electron chi connectivity index (χ0n) is 19.7. The van der Waals surface area contributed by atoms with Crippen LogP contribution in [0.1, 0.15) is 44.3 Å². The third kappa shape index (κ3) is 4.24. The van der Waals surface area contributed by atoms with Crippen LogP contribution in [0.25, 0.3) is 0 Å². The molecule has 3 aliphatic heterocycles. The highest BCUT2D eigenvalue weighted by molar-refractivity contribution is 5.94. The van der Waals surface area contributed by atoms with E-state index in [-0.39, 0.29) is 47.3 Å². The van der Waals surface area contributed by atoms with Crippen molar-refractivity contribution < 1.29 is 28.2 Å². The van der Waals surface area contributed by atoms with Gasteiger partial charge < -0.3 is 19.1 Å². The highest BCUT2D eigenvalue weighted by atomic mass is 19.1. The molecular weight excluding hydrogens is 453 g/mol. The molecule has 2 saturated heterocycles. The quantitative estimate of drug-likeness (QED) is 0.623. The van der Waals surface area contributed by atoms with Crippen LogP contribution in [0, 0.1) is 24.1 Å². The van der Waals surface area contributed by atoms with Gasteiger partial charge in [0.2, 0.25) is 5.91 Å². The van der Waals surface area contributed by atoms with Crippen LogP contribution in [-0.4, -0.2) is 67.6 Å². The topological polar surface area (TPSA) is 92.1 Å². The first-order chi connectivity index (χ1) is 16.9. The lowest BCUT2D eigenvalue weighted by molar-refractivity contribution is -0.139. The monoisotopic (exact) mass is 479 g/mol. The Bertz CT molecular complexity index is 1240. The van der Waals surface area contributed by atoms with Crippen molar-refractivity contribution in [2.75, 3.05) is 39.9 Å². The van der Waals surface area contributed by atoms with Gasteiger partial charge in [0.1, 0.15) is 24.2 Å². The summed E-state index contributed by atoms with van der Waals surface area (Å²) in [6, 6.07) is 8.25. The van der Waals surface area contributed by atoms with Gasteiger partial charge in [0.15, 0.2) is 0 Å². The number of halogens is 1. The molecule has 0 bridgehead atoms. The van der Waals surface area contributed by atoms with Crippen LogP contribution in [0.3, 0.4) is 0 Å². The van der Waals surface area contributed by atoms with Crippen LogP contribution in [0.4, 0.5) is 4.39 Å².